The van der Waals surface area contributed by atoms with Crippen LogP contribution < -0.4 is 10.1 Å². The molecule has 0 spiro atoms. The lowest BCUT2D eigenvalue weighted by Crippen LogP contribution is -2.35. The van der Waals surface area contributed by atoms with Crippen molar-refractivity contribution in [1.82, 2.24) is 5.32 Å². The third-order valence-electron chi connectivity index (χ3n) is 2.41. The third-order valence-corrected chi connectivity index (χ3v) is 3.26. The molecule has 1 aromatic carbocycles. The van der Waals surface area contributed by atoms with Gasteiger partial charge in [0.25, 0.3) is 0 Å². The smallest absolute Gasteiger partial charge is 0.133 e. The lowest BCUT2D eigenvalue weighted by molar-refractivity contribution is 0.375. The quantitative estimate of drug-likeness (QED) is 0.860. The number of nitrogens with one attached hydrogen (secondary N) is 1. The number of hydrogen-bond donors (Lipinski definition) is 1. The zero-order valence-electron chi connectivity index (χ0n) is 7.51. The van der Waals surface area contributed by atoms with Crippen LogP contribution >= 0.6 is 15.9 Å². The van der Waals surface area contributed by atoms with Gasteiger partial charge in [0.2, 0.25) is 0 Å². The van der Waals surface area contributed by atoms with Crippen LogP contribution in [0.25, 0.3) is 0 Å². The van der Waals surface area contributed by atoms with Crippen LogP contribution in [0.15, 0.2) is 22.7 Å². The largest absolute Gasteiger partial charge is 0.496 e. The van der Waals surface area contributed by atoms with E-state index >= 15 is 0 Å². The SMILES string of the molecule is COc1cccc([C@@H]2CCN2)c1Br. The number of methoxy groups -OCH3 is 1. The van der Waals surface area contributed by atoms with Gasteiger partial charge in [-0.25, -0.2) is 0 Å². The van der Waals surface area contributed by atoms with Gasteiger partial charge in [-0.3, -0.25) is 0 Å². The Morgan fingerprint density at radius 1 is 1.54 bits per heavy atom. The predicted molar refractivity (Wildman–Crippen MR) is 56.1 cm³/mol. The van der Waals surface area contributed by atoms with Crippen LogP contribution in [-0.2, 0) is 0 Å². The minimum Gasteiger partial charge on any atom is -0.496 e. The van der Waals surface area contributed by atoms with Gasteiger partial charge >= 0.3 is 0 Å². The summed E-state index contributed by atoms with van der Waals surface area (Å²) in [5.41, 5.74) is 1.30. The lowest BCUT2D eigenvalue weighted by Gasteiger charge is -2.29. The second-order valence-corrected chi connectivity index (χ2v) is 3.95. The Bertz CT molecular complexity index is 310. The molecule has 0 unspecified atom stereocenters. The van der Waals surface area contributed by atoms with Crippen LogP contribution in [0.2, 0.25) is 0 Å². The van der Waals surface area contributed by atoms with E-state index in [1.165, 1.54) is 12.0 Å². The summed E-state index contributed by atoms with van der Waals surface area (Å²) in [7, 11) is 1.69. The summed E-state index contributed by atoms with van der Waals surface area (Å²) in [5, 5.41) is 3.37. The molecule has 1 aliphatic rings. The fraction of sp³-hybridized carbons (Fsp3) is 0.400. The fourth-order valence-electron chi connectivity index (χ4n) is 1.51. The molecule has 3 heteroatoms. The van der Waals surface area contributed by atoms with E-state index < -0.39 is 0 Å². The van der Waals surface area contributed by atoms with Gasteiger partial charge in [-0.2, -0.15) is 0 Å². The minimum atomic E-state index is 0.504. The second kappa shape index (κ2) is 3.68. The van der Waals surface area contributed by atoms with E-state index in [0.717, 1.165) is 16.8 Å². The maximum atomic E-state index is 5.23. The Morgan fingerprint density at radius 2 is 2.31 bits per heavy atom. The number of ether oxygens (including phenoxy) is 1. The normalized spacial score (nSPS) is 20.9. The highest BCUT2D eigenvalue weighted by atomic mass is 79.9. The van der Waals surface area contributed by atoms with Crippen molar-refractivity contribution >= 4 is 15.9 Å². The first kappa shape index (κ1) is 9.03. The topological polar surface area (TPSA) is 21.3 Å². The maximum Gasteiger partial charge on any atom is 0.133 e. The Labute approximate surface area is 86.4 Å². The zero-order chi connectivity index (χ0) is 9.26. The predicted octanol–water partition coefficient (Wildman–Crippen LogP) is 2.49. The van der Waals surface area contributed by atoms with Gasteiger partial charge in [0.1, 0.15) is 5.75 Å². The summed E-state index contributed by atoms with van der Waals surface area (Å²) in [6.45, 7) is 1.12. The average molecular weight is 242 g/mol. The zero-order valence-corrected chi connectivity index (χ0v) is 9.10. The summed E-state index contributed by atoms with van der Waals surface area (Å²) in [6, 6.07) is 6.62. The molecule has 1 aliphatic heterocycles. The van der Waals surface area contributed by atoms with Gasteiger partial charge < -0.3 is 10.1 Å². The van der Waals surface area contributed by atoms with Gasteiger partial charge in [0.15, 0.2) is 0 Å². The molecule has 1 saturated heterocycles. The van der Waals surface area contributed by atoms with Crippen LogP contribution in [0.3, 0.4) is 0 Å². The van der Waals surface area contributed by atoms with E-state index in [0.29, 0.717) is 6.04 Å². The first-order valence-electron chi connectivity index (χ1n) is 4.38. The summed E-state index contributed by atoms with van der Waals surface area (Å²) in [6.07, 6.45) is 1.21. The Balaban J connectivity index is 2.33. The van der Waals surface area contributed by atoms with E-state index in [1.807, 2.05) is 12.1 Å². The van der Waals surface area contributed by atoms with E-state index in [4.69, 9.17) is 4.74 Å². The summed E-state index contributed by atoms with van der Waals surface area (Å²) < 4.78 is 6.31. The van der Waals surface area contributed by atoms with Crippen molar-refractivity contribution in [3.05, 3.63) is 28.2 Å². The minimum absolute atomic E-state index is 0.504. The van der Waals surface area contributed by atoms with Gasteiger partial charge in [-0.1, -0.05) is 12.1 Å². The first-order chi connectivity index (χ1) is 6.33. The van der Waals surface area contributed by atoms with Gasteiger partial charge in [-0.15, -0.1) is 0 Å². The summed E-state index contributed by atoms with van der Waals surface area (Å²) in [4.78, 5) is 0. The summed E-state index contributed by atoms with van der Waals surface area (Å²) >= 11 is 3.55. The van der Waals surface area contributed by atoms with Gasteiger partial charge in [-0.05, 0) is 40.5 Å². The molecule has 1 aromatic rings. The Kier molecular flexibility index (Phi) is 2.56. The molecule has 13 heavy (non-hydrogen) atoms. The molecule has 1 N–H and O–H groups in total. The van der Waals surface area contributed by atoms with Crippen molar-refractivity contribution in [1.29, 1.82) is 0 Å². The molecule has 0 bridgehead atoms. The molecule has 0 aromatic heterocycles. The molecule has 70 valence electrons. The standard InChI is InChI=1S/C10H12BrNO/c1-13-9-4-2-3-7(10(9)11)8-5-6-12-8/h2-4,8,12H,5-6H2,1H3/t8-/m0/s1. The molecule has 0 saturated carbocycles. The number of halogens is 1. The molecule has 2 rings (SSSR count). The molecule has 0 amide bonds. The lowest BCUT2D eigenvalue weighted by atomic mass is 9.98. The van der Waals surface area contributed by atoms with E-state index in [1.54, 1.807) is 7.11 Å². The second-order valence-electron chi connectivity index (χ2n) is 3.16. The van der Waals surface area contributed by atoms with E-state index in [2.05, 4.69) is 27.3 Å². The van der Waals surface area contributed by atoms with Gasteiger partial charge in [0, 0.05) is 6.04 Å². The van der Waals surface area contributed by atoms with Crippen molar-refractivity contribution in [3.63, 3.8) is 0 Å². The highest BCUT2D eigenvalue weighted by Gasteiger charge is 2.21. The third kappa shape index (κ3) is 1.58. The molecular formula is C10H12BrNO. The van der Waals surface area contributed by atoms with E-state index in [9.17, 15) is 0 Å². The molecular weight excluding hydrogens is 230 g/mol. The highest BCUT2D eigenvalue weighted by molar-refractivity contribution is 9.10. The van der Waals surface area contributed by atoms with Crippen molar-refractivity contribution in [3.8, 4) is 5.75 Å². The highest BCUT2D eigenvalue weighted by Crippen LogP contribution is 2.35. The first-order valence-corrected chi connectivity index (χ1v) is 5.18. The van der Waals surface area contributed by atoms with Crippen LogP contribution in [0.1, 0.15) is 18.0 Å². The monoisotopic (exact) mass is 241 g/mol. The molecule has 1 heterocycles. The molecule has 1 fully saturated rings. The summed E-state index contributed by atoms with van der Waals surface area (Å²) in [5.74, 6) is 0.909. The number of hydrogen-bond acceptors (Lipinski definition) is 2. The van der Waals surface area contributed by atoms with Crippen molar-refractivity contribution in [2.75, 3.05) is 13.7 Å². The van der Waals surface area contributed by atoms with Crippen LogP contribution in [0.5, 0.6) is 5.75 Å². The van der Waals surface area contributed by atoms with Crippen molar-refractivity contribution in [2.45, 2.75) is 12.5 Å². The Hall–Kier alpha value is -0.540. The van der Waals surface area contributed by atoms with Crippen LogP contribution in [0, 0.1) is 0 Å². The number of benzene rings is 1. The molecule has 2 nitrogen and oxygen atoms in total. The Morgan fingerprint density at radius 3 is 2.85 bits per heavy atom. The molecule has 1 atom stereocenters. The maximum absolute atomic E-state index is 5.23. The van der Waals surface area contributed by atoms with Crippen molar-refractivity contribution in [2.24, 2.45) is 0 Å². The molecule has 0 radical (unpaired) electrons. The number of rotatable bonds is 2. The molecule has 0 aliphatic carbocycles. The van der Waals surface area contributed by atoms with E-state index in [-0.39, 0.29) is 0 Å². The fourth-order valence-corrected chi connectivity index (χ4v) is 2.21. The van der Waals surface area contributed by atoms with Crippen molar-refractivity contribution < 1.29 is 4.74 Å². The van der Waals surface area contributed by atoms with Gasteiger partial charge in [0.05, 0.1) is 11.6 Å². The van der Waals surface area contributed by atoms with Crippen LogP contribution in [-0.4, -0.2) is 13.7 Å². The average Bonchev–Trinajstić information content (AvgIpc) is 2.05. The van der Waals surface area contributed by atoms with Crippen LogP contribution in [0.4, 0.5) is 0 Å².